The topological polar surface area (TPSA) is 92.5 Å². The number of amides is 1. The van der Waals surface area contributed by atoms with Crippen LogP contribution in [0.2, 0.25) is 0 Å². The van der Waals surface area contributed by atoms with Crippen molar-refractivity contribution in [1.82, 2.24) is 5.32 Å². The fourth-order valence-corrected chi connectivity index (χ4v) is 2.94. The summed E-state index contributed by atoms with van der Waals surface area (Å²) in [7, 11) is 0. The summed E-state index contributed by atoms with van der Waals surface area (Å²) in [4.78, 5) is 22.5. The highest BCUT2D eigenvalue weighted by Gasteiger charge is 2.31. The van der Waals surface area contributed by atoms with Crippen molar-refractivity contribution in [3.05, 3.63) is 75.3 Å². The summed E-state index contributed by atoms with van der Waals surface area (Å²) >= 11 is 0. The summed E-state index contributed by atoms with van der Waals surface area (Å²) in [5.74, 6) is -0.272. The lowest BCUT2D eigenvalue weighted by Gasteiger charge is -2.18. The van der Waals surface area contributed by atoms with Gasteiger partial charge in [-0.15, -0.1) is 0 Å². The molecule has 2 aromatic rings. The molecule has 0 saturated carbocycles. The van der Waals surface area contributed by atoms with Gasteiger partial charge in [-0.05, 0) is 16.7 Å². The van der Waals surface area contributed by atoms with Gasteiger partial charge in [-0.2, -0.15) is 0 Å². The minimum atomic E-state index is -0.651. The van der Waals surface area contributed by atoms with Crippen molar-refractivity contribution in [3.8, 4) is 0 Å². The maximum atomic E-state index is 12.2. The highest BCUT2D eigenvalue weighted by molar-refractivity contribution is 5.79. The van der Waals surface area contributed by atoms with Crippen LogP contribution in [0.4, 0.5) is 5.69 Å². The first-order chi connectivity index (χ1) is 11.0. The Kier molecular flexibility index (Phi) is 4.08. The van der Waals surface area contributed by atoms with Crippen LogP contribution in [0.5, 0.6) is 0 Å². The lowest BCUT2D eigenvalue weighted by molar-refractivity contribution is -0.384. The molecule has 0 aromatic heterocycles. The van der Waals surface area contributed by atoms with Crippen LogP contribution in [-0.4, -0.2) is 22.0 Å². The smallest absolute Gasteiger partial charge is 0.269 e. The highest BCUT2D eigenvalue weighted by Crippen LogP contribution is 2.31. The second kappa shape index (κ2) is 6.18. The third-order valence-electron chi connectivity index (χ3n) is 4.01. The molecule has 2 atom stereocenters. The Hall–Kier alpha value is -2.73. The largest absolute Gasteiger partial charge is 0.390 e. The zero-order chi connectivity index (χ0) is 16.4. The number of benzene rings is 2. The number of non-ortho nitro benzene ring substituents is 1. The SMILES string of the molecule is O=C(Cc1cccc([N+](=O)[O-])c1)NC1c2ccccc2CC1O. The Morgan fingerprint density at radius 1 is 1.26 bits per heavy atom. The van der Waals surface area contributed by atoms with E-state index in [1.165, 1.54) is 12.1 Å². The van der Waals surface area contributed by atoms with Gasteiger partial charge in [-0.3, -0.25) is 14.9 Å². The monoisotopic (exact) mass is 312 g/mol. The van der Waals surface area contributed by atoms with E-state index in [0.717, 1.165) is 11.1 Å². The molecule has 0 aliphatic heterocycles. The molecule has 1 amide bonds. The van der Waals surface area contributed by atoms with Gasteiger partial charge in [0.25, 0.3) is 5.69 Å². The van der Waals surface area contributed by atoms with E-state index in [9.17, 15) is 20.0 Å². The summed E-state index contributed by atoms with van der Waals surface area (Å²) in [6.45, 7) is 0. The van der Waals surface area contributed by atoms with E-state index in [0.29, 0.717) is 12.0 Å². The van der Waals surface area contributed by atoms with Crippen LogP contribution in [-0.2, 0) is 17.6 Å². The summed E-state index contributed by atoms with van der Waals surface area (Å²) in [5, 5.41) is 23.7. The standard InChI is InChI=1S/C17H16N2O4/c20-15-10-12-5-1-2-7-14(12)17(15)18-16(21)9-11-4-3-6-13(8-11)19(22)23/h1-8,15,17,20H,9-10H2,(H,18,21). The van der Waals surface area contributed by atoms with Gasteiger partial charge in [-0.1, -0.05) is 36.4 Å². The van der Waals surface area contributed by atoms with Crippen molar-refractivity contribution in [2.45, 2.75) is 25.0 Å². The molecule has 0 fully saturated rings. The summed E-state index contributed by atoms with van der Waals surface area (Å²) in [5.41, 5.74) is 2.48. The van der Waals surface area contributed by atoms with Crippen LogP contribution in [0.15, 0.2) is 48.5 Å². The number of nitro groups is 1. The van der Waals surface area contributed by atoms with Crippen LogP contribution in [0.25, 0.3) is 0 Å². The fraction of sp³-hybridized carbons (Fsp3) is 0.235. The number of carbonyl (C=O) groups is 1. The Morgan fingerprint density at radius 3 is 2.83 bits per heavy atom. The van der Waals surface area contributed by atoms with Crippen LogP contribution in [0.1, 0.15) is 22.7 Å². The zero-order valence-corrected chi connectivity index (χ0v) is 12.3. The number of nitro benzene ring substituents is 1. The molecule has 1 aliphatic rings. The van der Waals surface area contributed by atoms with E-state index in [1.54, 1.807) is 12.1 Å². The number of nitrogens with one attached hydrogen (secondary N) is 1. The molecule has 3 rings (SSSR count). The zero-order valence-electron chi connectivity index (χ0n) is 12.3. The third kappa shape index (κ3) is 3.22. The van der Waals surface area contributed by atoms with Gasteiger partial charge in [0.2, 0.25) is 5.91 Å². The first-order valence-corrected chi connectivity index (χ1v) is 7.33. The first kappa shape index (κ1) is 15.2. The lowest BCUT2D eigenvalue weighted by Crippen LogP contribution is -2.34. The molecule has 23 heavy (non-hydrogen) atoms. The first-order valence-electron chi connectivity index (χ1n) is 7.33. The van der Waals surface area contributed by atoms with Gasteiger partial charge in [0.15, 0.2) is 0 Å². The van der Waals surface area contributed by atoms with E-state index in [1.807, 2.05) is 24.3 Å². The molecule has 2 unspecified atom stereocenters. The molecule has 0 heterocycles. The van der Waals surface area contributed by atoms with Crippen molar-refractivity contribution < 1.29 is 14.8 Å². The van der Waals surface area contributed by atoms with Gasteiger partial charge in [-0.25, -0.2) is 0 Å². The van der Waals surface area contributed by atoms with Gasteiger partial charge in [0.1, 0.15) is 0 Å². The molecule has 0 spiro atoms. The minimum Gasteiger partial charge on any atom is -0.390 e. The molecule has 1 aliphatic carbocycles. The van der Waals surface area contributed by atoms with Crippen molar-refractivity contribution >= 4 is 11.6 Å². The quantitative estimate of drug-likeness (QED) is 0.666. The second-order valence-corrected chi connectivity index (χ2v) is 5.62. The molecular formula is C17H16N2O4. The number of fused-ring (bicyclic) bond motifs is 1. The van der Waals surface area contributed by atoms with Gasteiger partial charge in [0, 0.05) is 18.6 Å². The summed E-state index contributed by atoms with van der Waals surface area (Å²) in [6, 6.07) is 13.2. The molecule has 6 nitrogen and oxygen atoms in total. The van der Waals surface area contributed by atoms with E-state index < -0.39 is 17.1 Å². The number of carbonyl (C=O) groups excluding carboxylic acids is 1. The lowest BCUT2D eigenvalue weighted by atomic mass is 10.1. The third-order valence-corrected chi connectivity index (χ3v) is 4.01. The predicted molar refractivity (Wildman–Crippen MR) is 83.8 cm³/mol. The maximum Gasteiger partial charge on any atom is 0.269 e. The number of hydrogen-bond acceptors (Lipinski definition) is 4. The molecule has 6 heteroatoms. The van der Waals surface area contributed by atoms with Gasteiger partial charge >= 0.3 is 0 Å². The van der Waals surface area contributed by atoms with E-state index in [4.69, 9.17) is 0 Å². The average molecular weight is 312 g/mol. The molecular weight excluding hydrogens is 296 g/mol. The van der Waals surface area contributed by atoms with E-state index in [2.05, 4.69) is 5.32 Å². The van der Waals surface area contributed by atoms with Crippen molar-refractivity contribution in [2.24, 2.45) is 0 Å². The molecule has 0 saturated heterocycles. The number of aliphatic hydroxyl groups excluding tert-OH is 1. The normalized spacial score (nSPS) is 19.2. The average Bonchev–Trinajstić information content (AvgIpc) is 2.83. The highest BCUT2D eigenvalue weighted by atomic mass is 16.6. The fourth-order valence-electron chi connectivity index (χ4n) is 2.94. The number of hydrogen-bond donors (Lipinski definition) is 2. The maximum absolute atomic E-state index is 12.2. The number of nitrogens with zero attached hydrogens (tertiary/aromatic N) is 1. The second-order valence-electron chi connectivity index (χ2n) is 5.62. The molecule has 0 bridgehead atoms. The summed E-state index contributed by atoms with van der Waals surface area (Å²) < 4.78 is 0. The molecule has 2 aromatic carbocycles. The Labute approximate surface area is 132 Å². The van der Waals surface area contributed by atoms with Gasteiger partial charge < -0.3 is 10.4 Å². The molecule has 0 radical (unpaired) electrons. The Balaban J connectivity index is 1.71. The Morgan fingerprint density at radius 2 is 2.04 bits per heavy atom. The molecule has 118 valence electrons. The van der Waals surface area contributed by atoms with Crippen molar-refractivity contribution in [3.63, 3.8) is 0 Å². The van der Waals surface area contributed by atoms with E-state index >= 15 is 0 Å². The van der Waals surface area contributed by atoms with Crippen molar-refractivity contribution in [2.75, 3.05) is 0 Å². The number of aliphatic hydroxyl groups is 1. The number of rotatable bonds is 4. The van der Waals surface area contributed by atoms with E-state index in [-0.39, 0.29) is 18.0 Å². The van der Waals surface area contributed by atoms with Crippen LogP contribution >= 0.6 is 0 Å². The Bertz CT molecular complexity index is 760. The van der Waals surface area contributed by atoms with Gasteiger partial charge in [0.05, 0.1) is 23.5 Å². The van der Waals surface area contributed by atoms with Crippen LogP contribution < -0.4 is 5.32 Å². The summed E-state index contributed by atoms with van der Waals surface area (Å²) in [6.07, 6.45) is -0.105. The van der Waals surface area contributed by atoms with Crippen LogP contribution in [0.3, 0.4) is 0 Å². The van der Waals surface area contributed by atoms with Crippen molar-refractivity contribution in [1.29, 1.82) is 0 Å². The van der Waals surface area contributed by atoms with Crippen LogP contribution in [0, 0.1) is 10.1 Å². The molecule has 2 N–H and O–H groups in total. The predicted octanol–water partition coefficient (Wildman–Crippen LogP) is 1.91. The minimum absolute atomic E-state index is 0.0348.